The molecule has 0 N–H and O–H groups in total. The third-order valence-corrected chi connectivity index (χ3v) is 4.20. The van der Waals surface area contributed by atoms with Crippen LogP contribution >= 0.6 is 0 Å². The molecule has 0 aromatic heterocycles. The molecular weight excluding hydrogens is 354 g/mol. The van der Waals surface area contributed by atoms with Crippen molar-refractivity contribution in [3.8, 4) is 0 Å². The van der Waals surface area contributed by atoms with Crippen LogP contribution in [0.15, 0.2) is 53.7 Å². The largest absolute Gasteiger partial charge is 0.390 e. The molecule has 1 amide bonds. The quantitative estimate of drug-likeness (QED) is 0.748. The van der Waals surface area contributed by atoms with Gasteiger partial charge in [-0.3, -0.25) is 4.79 Å². The SMILES string of the molecule is COCC(=O)N(Cc1cccc(F)c1)CC1CC(c2cccc(F)c2)=NO1. The average molecular weight is 374 g/mol. The molecule has 142 valence electrons. The van der Waals surface area contributed by atoms with E-state index in [0.717, 1.165) is 0 Å². The summed E-state index contributed by atoms with van der Waals surface area (Å²) in [5.41, 5.74) is 1.95. The van der Waals surface area contributed by atoms with Crippen LogP contribution in [0, 0.1) is 11.6 Å². The standard InChI is InChI=1S/C20H20F2N2O3/c1-26-13-20(25)24(11-14-4-2-6-16(21)8-14)12-18-10-19(23-27-18)15-5-3-7-17(22)9-15/h2-9,18H,10-13H2,1H3. The Labute approximate surface area is 156 Å². The van der Waals surface area contributed by atoms with Crippen molar-refractivity contribution in [2.24, 2.45) is 5.16 Å². The van der Waals surface area contributed by atoms with Gasteiger partial charge < -0.3 is 14.5 Å². The fourth-order valence-corrected chi connectivity index (χ4v) is 2.94. The molecule has 1 unspecified atom stereocenters. The molecule has 2 aromatic rings. The zero-order chi connectivity index (χ0) is 19.2. The molecule has 2 aromatic carbocycles. The molecule has 0 spiro atoms. The molecule has 0 bridgehead atoms. The number of methoxy groups -OCH3 is 1. The highest BCUT2D eigenvalue weighted by Gasteiger charge is 2.27. The molecular formula is C20H20F2N2O3. The molecule has 0 saturated heterocycles. The maximum atomic E-state index is 13.4. The van der Waals surface area contributed by atoms with E-state index < -0.39 is 0 Å². The number of carbonyl (C=O) groups excluding carboxylic acids is 1. The Morgan fingerprint density at radius 2 is 1.96 bits per heavy atom. The van der Waals surface area contributed by atoms with Crippen LogP contribution < -0.4 is 0 Å². The second-order valence-corrected chi connectivity index (χ2v) is 6.32. The van der Waals surface area contributed by atoms with Crippen molar-refractivity contribution in [2.75, 3.05) is 20.3 Å². The molecule has 1 aliphatic rings. The maximum absolute atomic E-state index is 13.4. The van der Waals surface area contributed by atoms with Crippen molar-refractivity contribution < 1.29 is 23.1 Å². The number of amides is 1. The smallest absolute Gasteiger partial charge is 0.248 e. The Bertz CT molecular complexity index is 841. The van der Waals surface area contributed by atoms with Crippen LogP contribution in [0.5, 0.6) is 0 Å². The highest BCUT2D eigenvalue weighted by molar-refractivity contribution is 6.01. The summed E-state index contributed by atoms with van der Waals surface area (Å²) in [6.45, 7) is 0.412. The topological polar surface area (TPSA) is 51.1 Å². The number of hydrogen-bond acceptors (Lipinski definition) is 4. The summed E-state index contributed by atoms with van der Waals surface area (Å²) >= 11 is 0. The van der Waals surface area contributed by atoms with Crippen molar-refractivity contribution in [1.29, 1.82) is 0 Å². The van der Waals surface area contributed by atoms with Crippen LogP contribution in [0.3, 0.4) is 0 Å². The molecule has 1 atom stereocenters. The molecule has 5 nitrogen and oxygen atoms in total. The lowest BCUT2D eigenvalue weighted by Crippen LogP contribution is -2.39. The monoisotopic (exact) mass is 374 g/mol. The fraction of sp³-hybridized carbons (Fsp3) is 0.300. The third kappa shape index (κ3) is 5.10. The molecule has 27 heavy (non-hydrogen) atoms. The number of oxime groups is 1. The molecule has 1 aliphatic heterocycles. The van der Waals surface area contributed by atoms with E-state index in [9.17, 15) is 13.6 Å². The zero-order valence-electron chi connectivity index (χ0n) is 14.9. The first kappa shape index (κ1) is 19.0. The van der Waals surface area contributed by atoms with Crippen molar-refractivity contribution >= 4 is 11.6 Å². The van der Waals surface area contributed by atoms with Crippen LogP contribution in [0.2, 0.25) is 0 Å². The first-order chi connectivity index (χ1) is 13.0. The van der Waals surface area contributed by atoms with E-state index in [1.807, 2.05) is 0 Å². The van der Waals surface area contributed by atoms with Gasteiger partial charge in [-0.2, -0.15) is 0 Å². The van der Waals surface area contributed by atoms with Gasteiger partial charge in [0.25, 0.3) is 0 Å². The lowest BCUT2D eigenvalue weighted by atomic mass is 10.0. The fourth-order valence-electron chi connectivity index (χ4n) is 2.94. The minimum atomic E-state index is -0.363. The third-order valence-electron chi connectivity index (χ3n) is 4.20. The van der Waals surface area contributed by atoms with Gasteiger partial charge in [0.2, 0.25) is 5.91 Å². The number of ether oxygens (including phenoxy) is 1. The summed E-state index contributed by atoms with van der Waals surface area (Å²) in [5.74, 6) is -0.938. The predicted molar refractivity (Wildman–Crippen MR) is 96.1 cm³/mol. The summed E-state index contributed by atoms with van der Waals surface area (Å²) in [5, 5.41) is 4.03. The van der Waals surface area contributed by atoms with Crippen LogP contribution in [0.4, 0.5) is 8.78 Å². The lowest BCUT2D eigenvalue weighted by molar-refractivity contribution is -0.137. The molecule has 7 heteroatoms. The molecule has 0 saturated carbocycles. The van der Waals surface area contributed by atoms with Gasteiger partial charge >= 0.3 is 0 Å². The minimum absolute atomic E-state index is 0.0837. The molecule has 1 heterocycles. The second-order valence-electron chi connectivity index (χ2n) is 6.32. The second kappa shape index (κ2) is 8.73. The number of rotatable bonds is 7. The lowest BCUT2D eigenvalue weighted by Gasteiger charge is -2.24. The van der Waals surface area contributed by atoms with Crippen molar-refractivity contribution in [3.63, 3.8) is 0 Å². The van der Waals surface area contributed by atoms with E-state index in [0.29, 0.717) is 23.3 Å². The Hall–Kier alpha value is -2.80. The number of benzene rings is 2. The van der Waals surface area contributed by atoms with E-state index in [-0.39, 0.29) is 43.3 Å². The van der Waals surface area contributed by atoms with Gasteiger partial charge in [0, 0.05) is 25.6 Å². The average Bonchev–Trinajstić information content (AvgIpc) is 3.10. The molecule has 3 rings (SSSR count). The van der Waals surface area contributed by atoms with Gasteiger partial charge in [-0.15, -0.1) is 0 Å². The first-order valence-electron chi connectivity index (χ1n) is 8.55. The summed E-state index contributed by atoms with van der Waals surface area (Å²) < 4.78 is 31.8. The zero-order valence-corrected chi connectivity index (χ0v) is 14.9. The highest BCUT2D eigenvalue weighted by Crippen LogP contribution is 2.19. The molecule has 0 fully saturated rings. The van der Waals surface area contributed by atoms with Gasteiger partial charge in [-0.25, -0.2) is 8.78 Å². The number of nitrogens with zero attached hydrogens (tertiary/aromatic N) is 2. The van der Waals surface area contributed by atoms with Crippen LogP contribution in [-0.2, 0) is 20.9 Å². The minimum Gasteiger partial charge on any atom is -0.390 e. The van der Waals surface area contributed by atoms with E-state index in [2.05, 4.69) is 5.16 Å². The Balaban J connectivity index is 1.67. The van der Waals surface area contributed by atoms with Crippen molar-refractivity contribution in [3.05, 3.63) is 71.3 Å². The number of carbonyl (C=O) groups is 1. The van der Waals surface area contributed by atoms with Gasteiger partial charge in [-0.05, 0) is 29.8 Å². The van der Waals surface area contributed by atoms with E-state index in [1.165, 1.54) is 31.4 Å². The summed E-state index contributed by atoms with van der Waals surface area (Å²) in [6.07, 6.45) is 0.0845. The molecule has 0 radical (unpaired) electrons. The number of hydrogen-bond donors (Lipinski definition) is 0. The maximum Gasteiger partial charge on any atom is 0.248 e. The highest BCUT2D eigenvalue weighted by atomic mass is 19.1. The van der Waals surface area contributed by atoms with Crippen molar-refractivity contribution in [1.82, 2.24) is 4.90 Å². The molecule has 0 aliphatic carbocycles. The predicted octanol–water partition coefficient (Wildman–Crippen LogP) is 3.13. The van der Waals surface area contributed by atoms with E-state index in [1.54, 1.807) is 29.2 Å². The van der Waals surface area contributed by atoms with Gasteiger partial charge in [0.15, 0.2) is 6.10 Å². The van der Waals surface area contributed by atoms with E-state index >= 15 is 0 Å². The first-order valence-corrected chi connectivity index (χ1v) is 8.55. The Morgan fingerprint density at radius 1 is 1.22 bits per heavy atom. The van der Waals surface area contributed by atoms with E-state index in [4.69, 9.17) is 9.57 Å². The van der Waals surface area contributed by atoms with Crippen LogP contribution in [-0.4, -0.2) is 42.9 Å². The van der Waals surface area contributed by atoms with Crippen molar-refractivity contribution in [2.45, 2.75) is 19.1 Å². The van der Waals surface area contributed by atoms with Gasteiger partial charge in [0.05, 0.1) is 12.3 Å². The summed E-state index contributed by atoms with van der Waals surface area (Å²) in [6, 6.07) is 12.2. The summed E-state index contributed by atoms with van der Waals surface area (Å²) in [7, 11) is 1.44. The van der Waals surface area contributed by atoms with Gasteiger partial charge in [0.1, 0.15) is 18.2 Å². The Morgan fingerprint density at radius 3 is 2.67 bits per heavy atom. The Kier molecular flexibility index (Phi) is 6.13. The van der Waals surface area contributed by atoms with Gasteiger partial charge in [-0.1, -0.05) is 29.4 Å². The number of halogens is 2. The van der Waals surface area contributed by atoms with Crippen LogP contribution in [0.1, 0.15) is 17.5 Å². The van der Waals surface area contributed by atoms with Crippen LogP contribution in [0.25, 0.3) is 0 Å². The summed E-state index contributed by atoms with van der Waals surface area (Å²) in [4.78, 5) is 19.4. The normalized spacial score (nSPS) is 16.0.